The van der Waals surface area contributed by atoms with Crippen molar-refractivity contribution in [3.63, 3.8) is 0 Å². The SMILES string of the molecule is CNC(c1cccs1)c1ccc(C)c2ccccc12. The summed E-state index contributed by atoms with van der Waals surface area (Å²) in [6, 6.07) is 17.7. The molecule has 2 aromatic carbocycles. The molecule has 0 saturated carbocycles. The lowest BCUT2D eigenvalue weighted by molar-refractivity contribution is 0.709. The highest BCUT2D eigenvalue weighted by atomic mass is 32.1. The Bertz CT molecular complexity index is 686. The molecule has 0 amide bonds. The van der Waals surface area contributed by atoms with Gasteiger partial charge in [0.2, 0.25) is 0 Å². The van der Waals surface area contributed by atoms with E-state index in [1.807, 2.05) is 7.05 Å². The number of nitrogens with one attached hydrogen (secondary N) is 1. The number of rotatable bonds is 3. The fraction of sp³-hybridized carbons (Fsp3) is 0.176. The maximum absolute atomic E-state index is 3.44. The molecule has 3 aromatic rings. The Morgan fingerprint density at radius 3 is 2.42 bits per heavy atom. The average molecular weight is 267 g/mol. The van der Waals surface area contributed by atoms with Crippen molar-refractivity contribution in [1.82, 2.24) is 5.32 Å². The molecule has 0 spiro atoms. The van der Waals surface area contributed by atoms with E-state index in [0.717, 1.165) is 0 Å². The van der Waals surface area contributed by atoms with Crippen molar-refractivity contribution in [2.75, 3.05) is 7.05 Å². The summed E-state index contributed by atoms with van der Waals surface area (Å²) < 4.78 is 0. The Balaban J connectivity index is 2.22. The lowest BCUT2D eigenvalue weighted by Gasteiger charge is -2.18. The quantitative estimate of drug-likeness (QED) is 0.735. The highest BCUT2D eigenvalue weighted by Gasteiger charge is 2.15. The molecule has 3 rings (SSSR count). The van der Waals surface area contributed by atoms with Gasteiger partial charge in [-0.05, 0) is 47.3 Å². The zero-order valence-electron chi connectivity index (χ0n) is 11.2. The van der Waals surface area contributed by atoms with Crippen molar-refractivity contribution < 1.29 is 0 Å². The van der Waals surface area contributed by atoms with Gasteiger partial charge in [-0.2, -0.15) is 0 Å². The summed E-state index contributed by atoms with van der Waals surface area (Å²) in [7, 11) is 2.03. The monoisotopic (exact) mass is 267 g/mol. The van der Waals surface area contributed by atoms with Crippen molar-refractivity contribution in [2.45, 2.75) is 13.0 Å². The zero-order valence-corrected chi connectivity index (χ0v) is 12.0. The Kier molecular flexibility index (Phi) is 3.36. The largest absolute Gasteiger partial charge is 0.309 e. The van der Waals surface area contributed by atoms with E-state index >= 15 is 0 Å². The molecule has 0 aliphatic heterocycles. The zero-order chi connectivity index (χ0) is 13.2. The predicted molar refractivity (Wildman–Crippen MR) is 83.9 cm³/mol. The van der Waals surface area contributed by atoms with Crippen LogP contribution in [0.4, 0.5) is 0 Å². The van der Waals surface area contributed by atoms with Crippen LogP contribution in [0.5, 0.6) is 0 Å². The molecular formula is C17H17NS. The van der Waals surface area contributed by atoms with E-state index in [2.05, 4.69) is 66.2 Å². The molecule has 1 heterocycles. The summed E-state index contributed by atoms with van der Waals surface area (Å²) in [6.45, 7) is 2.17. The third-order valence-electron chi connectivity index (χ3n) is 3.60. The number of thiophene rings is 1. The Hall–Kier alpha value is -1.64. The molecule has 2 heteroatoms. The molecule has 0 aliphatic rings. The van der Waals surface area contributed by atoms with Gasteiger partial charge in [-0.15, -0.1) is 11.3 Å². The lowest BCUT2D eigenvalue weighted by atomic mass is 9.95. The minimum absolute atomic E-state index is 0.269. The standard InChI is InChI=1S/C17H17NS/c1-12-9-10-15(14-7-4-3-6-13(12)14)17(18-2)16-8-5-11-19-16/h3-11,17-18H,1-2H3. The van der Waals surface area contributed by atoms with Gasteiger partial charge in [-0.25, -0.2) is 0 Å². The Morgan fingerprint density at radius 2 is 1.74 bits per heavy atom. The van der Waals surface area contributed by atoms with E-state index in [1.54, 1.807) is 11.3 Å². The van der Waals surface area contributed by atoms with Gasteiger partial charge in [0.1, 0.15) is 0 Å². The van der Waals surface area contributed by atoms with Crippen LogP contribution in [0, 0.1) is 6.92 Å². The normalized spacial score (nSPS) is 12.7. The molecule has 0 saturated heterocycles. The van der Waals surface area contributed by atoms with Gasteiger partial charge < -0.3 is 5.32 Å². The third-order valence-corrected chi connectivity index (χ3v) is 4.54. The van der Waals surface area contributed by atoms with Gasteiger partial charge in [-0.3, -0.25) is 0 Å². The van der Waals surface area contributed by atoms with Crippen molar-refractivity contribution in [1.29, 1.82) is 0 Å². The van der Waals surface area contributed by atoms with Crippen LogP contribution in [-0.2, 0) is 0 Å². The predicted octanol–water partition coefficient (Wildman–Crippen LogP) is 4.52. The van der Waals surface area contributed by atoms with Crippen molar-refractivity contribution in [3.8, 4) is 0 Å². The molecule has 0 fully saturated rings. The number of fused-ring (bicyclic) bond motifs is 1. The van der Waals surface area contributed by atoms with E-state index in [4.69, 9.17) is 0 Å². The fourth-order valence-electron chi connectivity index (χ4n) is 2.63. The number of benzene rings is 2. The molecule has 96 valence electrons. The van der Waals surface area contributed by atoms with Crippen molar-refractivity contribution in [2.24, 2.45) is 0 Å². The molecular weight excluding hydrogens is 250 g/mol. The molecule has 1 N–H and O–H groups in total. The van der Waals surface area contributed by atoms with Crippen LogP contribution in [0.25, 0.3) is 10.8 Å². The highest BCUT2D eigenvalue weighted by Crippen LogP contribution is 2.32. The summed E-state index contributed by atoms with van der Waals surface area (Å²) in [5, 5.41) is 8.26. The second kappa shape index (κ2) is 5.16. The van der Waals surface area contributed by atoms with Gasteiger partial charge in [0.25, 0.3) is 0 Å². The maximum Gasteiger partial charge on any atom is 0.0674 e. The first kappa shape index (κ1) is 12.4. The van der Waals surface area contributed by atoms with Crippen LogP contribution in [-0.4, -0.2) is 7.05 Å². The lowest BCUT2D eigenvalue weighted by Crippen LogP contribution is -2.16. The van der Waals surface area contributed by atoms with E-state index in [-0.39, 0.29) is 6.04 Å². The van der Waals surface area contributed by atoms with E-state index < -0.39 is 0 Å². The van der Waals surface area contributed by atoms with E-state index in [0.29, 0.717) is 0 Å². The van der Waals surface area contributed by atoms with Crippen molar-refractivity contribution >= 4 is 22.1 Å². The maximum atomic E-state index is 3.44. The van der Waals surface area contributed by atoms with E-state index in [9.17, 15) is 0 Å². The van der Waals surface area contributed by atoms with E-state index in [1.165, 1.54) is 26.8 Å². The van der Waals surface area contributed by atoms with Crippen LogP contribution < -0.4 is 5.32 Å². The Morgan fingerprint density at radius 1 is 0.947 bits per heavy atom. The van der Waals surface area contributed by atoms with Gasteiger partial charge in [0, 0.05) is 4.88 Å². The average Bonchev–Trinajstić information content (AvgIpc) is 2.96. The number of hydrogen-bond donors (Lipinski definition) is 1. The third kappa shape index (κ3) is 2.18. The molecule has 1 aromatic heterocycles. The molecule has 19 heavy (non-hydrogen) atoms. The van der Waals surface area contributed by atoms with Crippen molar-refractivity contribution in [3.05, 3.63) is 69.9 Å². The number of aryl methyl sites for hydroxylation is 1. The molecule has 1 nitrogen and oxygen atoms in total. The Labute approximate surface area is 117 Å². The van der Waals surface area contributed by atoms with Crippen LogP contribution in [0.1, 0.15) is 22.0 Å². The minimum Gasteiger partial charge on any atom is -0.309 e. The second-order valence-electron chi connectivity index (χ2n) is 4.75. The van der Waals surface area contributed by atoms with Gasteiger partial charge >= 0.3 is 0 Å². The first-order valence-corrected chi connectivity index (χ1v) is 7.38. The van der Waals surface area contributed by atoms with Gasteiger partial charge in [0.15, 0.2) is 0 Å². The minimum atomic E-state index is 0.269. The van der Waals surface area contributed by atoms with Crippen LogP contribution >= 0.6 is 11.3 Å². The van der Waals surface area contributed by atoms with Crippen LogP contribution in [0.3, 0.4) is 0 Å². The first-order valence-electron chi connectivity index (χ1n) is 6.50. The molecule has 0 aliphatic carbocycles. The van der Waals surface area contributed by atoms with Gasteiger partial charge in [-0.1, -0.05) is 42.5 Å². The fourth-order valence-corrected chi connectivity index (χ4v) is 3.48. The molecule has 1 unspecified atom stereocenters. The molecule has 1 atom stereocenters. The first-order chi connectivity index (χ1) is 9.31. The summed E-state index contributed by atoms with van der Waals surface area (Å²) in [4.78, 5) is 1.36. The van der Waals surface area contributed by atoms with Gasteiger partial charge in [0.05, 0.1) is 6.04 Å². The smallest absolute Gasteiger partial charge is 0.0674 e. The highest BCUT2D eigenvalue weighted by molar-refractivity contribution is 7.10. The summed E-state index contributed by atoms with van der Waals surface area (Å²) >= 11 is 1.80. The molecule has 0 radical (unpaired) electrons. The topological polar surface area (TPSA) is 12.0 Å². The van der Waals surface area contributed by atoms with Crippen LogP contribution in [0.2, 0.25) is 0 Å². The second-order valence-corrected chi connectivity index (χ2v) is 5.73. The number of hydrogen-bond acceptors (Lipinski definition) is 2. The summed E-state index contributed by atoms with van der Waals surface area (Å²) in [5.41, 5.74) is 2.69. The molecule has 0 bridgehead atoms. The summed E-state index contributed by atoms with van der Waals surface area (Å²) in [5.74, 6) is 0. The van der Waals surface area contributed by atoms with Crippen LogP contribution in [0.15, 0.2) is 53.9 Å². The summed E-state index contributed by atoms with van der Waals surface area (Å²) in [6.07, 6.45) is 0.